The lowest BCUT2D eigenvalue weighted by atomic mass is 10.1. The lowest BCUT2D eigenvalue weighted by molar-refractivity contribution is 0.0951. The molecule has 2 N–H and O–H groups in total. The Morgan fingerprint density at radius 1 is 1.12 bits per heavy atom. The minimum Gasteiger partial charge on any atom is -0.377 e. The quantitative estimate of drug-likeness (QED) is 0.693. The molecule has 1 aromatic heterocycles. The molecule has 0 bridgehead atoms. The summed E-state index contributed by atoms with van der Waals surface area (Å²) < 4.78 is 1.80. The number of nitrogens with zero attached hydrogens (tertiary/aromatic N) is 2. The molecule has 1 heterocycles. The first-order valence-electron chi connectivity index (χ1n) is 8.37. The number of aromatic nitrogens is 2. The number of hydrogen-bond donors (Lipinski definition) is 2. The highest BCUT2D eigenvalue weighted by Crippen LogP contribution is 2.17. The molecule has 0 radical (unpaired) electrons. The number of carbonyl (C=O) groups is 1. The van der Waals surface area contributed by atoms with Gasteiger partial charge in [-0.3, -0.25) is 4.79 Å². The Hall–Kier alpha value is -2.79. The van der Waals surface area contributed by atoms with Crippen LogP contribution in [0, 0.1) is 6.92 Å². The summed E-state index contributed by atoms with van der Waals surface area (Å²) in [6, 6.07) is 15.5. The van der Waals surface area contributed by atoms with E-state index in [1.807, 2.05) is 56.4 Å². The maximum Gasteiger partial charge on any atom is 0.253 e. The van der Waals surface area contributed by atoms with Gasteiger partial charge in [0.1, 0.15) is 11.0 Å². The number of nitrogens with one attached hydrogen (secondary N) is 2. The number of benzene rings is 2. The number of carbonyl (C=O) groups excluding carboxylic acids is 1. The zero-order chi connectivity index (χ0) is 18.5. The summed E-state index contributed by atoms with van der Waals surface area (Å²) in [6.07, 6.45) is 1.61. The molecule has 0 aliphatic rings. The summed E-state index contributed by atoms with van der Waals surface area (Å²) in [6.45, 7) is 3.01. The second-order valence-corrected chi connectivity index (χ2v) is 6.51. The highest BCUT2D eigenvalue weighted by atomic mass is 35.5. The van der Waals surface area contributed by atoms with Gasteiger partial charge in [0, 0.05) is 19.3 Å². The maximum absolute atomic E-state index is 12.6. The molecule has 3 aromatic rings. The topological polar surface area (TPSA) is 59.0 Å². The van der Waals surface area contributed by atoms with Crippen LogP contribution in [-0.2, 0) is 20.1 Å². The van der Waals surface area contributed by atoms with Crippen molar-refractivity contribution in [3.8, 4) is 0 Å². The Balaban J connectivity index is 1.66. The van der Waals surface area contributed by atoms with Gasteiger partial charge in [0.05, 0.1) is 18.3 Å². The third-order valence-electron chi connectivity index (χ3n) is 4.21. The largest absolute Gasteiger partial charge is 0.377 e. The van der Waals surface area contributed by atoms with Crippen LogP contribution in [0.5, 0.6) is 0 Å². The van der Waals surface area contributed by atoms with Crippen LogP contribution in [-0.4, -0.2) is 15.5 Å². The van der Waals surface area contributed by atoms with E-state index < -0.39 is 0 Å². The molecule has 0 atom stereocenters. The highest BCUT2D eigenvalue weighted by Gasteiger charge is 2.12. The van der Waals surface area contributed by atoms with Gasteiger partial charge < -0.3 is 15.2 Å². The Morgan fingerprint density at radius 2 is 1.85 bits per heavy atom. The molecule has 26 heavy (non-hydrogen) atoms. The van der Waals surface area contributed by atoms with Crippen LogP contribution in [0.25, 0.3) is 0 Å². The van der Waals surface area contributed by atoms with Crippen molar-refractivity contribution in [1.82, 2.24) is 14.9 Å². The van der Waals surface area contributed by atoms with Crippen molar-refractivity contribution in [1.29, 1.82) is 0 Å². The van der Waals surface area contributed by atoms with Gasteiger partial charge in [0.25, 0.3) is 5.91 Å². The van der Waals surface area contributed by atoms with Crippen LogP contribution >= 0.6 is 11.6 Å². The van der Waals surface area contributed by atoms with Crippen LogP contribution in [0.1, 0.15) is 27.3 Å². The summed E-state index contributed by atoms with van der Waals surface area (Å²) in [4.78, 5) is 16.9. The minimum absolute atomic E-state index is 0.119. The van der Waals surface area contributed by atoms with Crippen LogP contribution in [0.15, 0.2) is 54.7 Å². The van der Waals surface area contributed by atoms with E-state index in [1.54, 1.807) is 16.8 Å². The zero-order valence-electron chi connectivity index (χ0n) is 14.8. The van der Waals surface area contributed by atoms with Crippen molar-refractivity contribution >= 4 is 23.2 Å². The monoisotopic (exact) mass is 368 g/mol. The molecule has 0 fully saturated rings. The number of amides is 1. The lowest BCUT2D eigenvalue weighted by Gasteiger charge is -2.12. The first-order valence-corrected chi connectivity index (χ1v) is 8.75. The van der Waals surface area contributed by atoms with Gasteiger partial charge in [-0.1, -0.05) is 53.6 Å². The standard InChI is InChI=1S/C20H21ClN4O/c1-14-7-9-15(10-8-14)11-24-20(26)16-5-3-4-6-17(16)22-13-19-23-12-18(21)25(19)2/h3-10,12,22H,11,13H2,1-2H3,(H,24,26). The highest BCUT2D eigenvalue weighted by molar-refractivity contribution is 6.29. The van der Waals surface area contributed by atoms with Crippen LogP contribution < -0.4 is 10.6 Å². The SMILES string of the molecule is Cc1ccc(CNC(=O)c2ccccc2NCc2ncc(Cl)n2C)cc1. The molecule has 3 rings (SSSR count). The molecular formula is C20H21ClN4O. The molecule has 0 spiro atoms. The number of rotatable bonds is 6. The Kier molecular flexibility index (Phi) is 5.58. The predicted molar refractivity (Wildman–Crippen MR) is 104 cm³/mol. The van der Waals surface area contributed by atoms with Gasteiger partial charge in [-0.15, -0.1) is 0 Å². The van der Waals surface area contributed by atoms with Crippen LogP contribution in [0.3, 0.4) is 0 Å². The zero-order valence-corrected chi connectivity index (χ0v) is 15.5. The molecule has 1 amide bonds. The first kappa shape index (κ1) is 18.0. The average Bonchev–Trinajstić information content (AvgIpc) is 2.98. The second-order valence-electron chi connectivity index (χ2n) is 6.12. The predicted octanol–water partition coefficient (Wildman–Crippen LogP) is 3.92. The molecule has 2 aromatic carbocycles. The normalized spacial score (nSPS) is 10.6. The van der Waals surface area contributed by atoms with Crippen molar-refractivity contribution in [3.63, 3.8) is 0 Å². The number of para-hydroxylation sites is 1. The number of halogens is 1. The van der Waals surface area contributed by atoms with E-state index in [4.69, 9.17) is 11.6 Å². The molecule has 0 saturated carbocycles. The number of aryl methyl sites for hydroxylation is 1. The number of hydrogen-bond acceptors (Lipinski definition) is 3. The third-order valence-corrected chi connectivity index (χ3v) is 4.56. The number of anilines is 1. The number of imidazole rings is 1. The fraction of sp³-hybridized carbons (Fsp3) is 0.200. The smallest absolute Gasteiger partial charge is 0.253 e. The van der Waals surface area contributed by atoms with Crippen molar-refractivity contribution in [2.24, 2.45) is 7.05 Å². The fourth-order valence-corrected chi connectivity index (χ4v) is 2.73. The van der Waals surface area contributed by atoms with Gasteiger partial charge >= 0.3 is 0 Å². The van der Waals surface area contributed by atoms with Crippen LogP contribution in [0.2, 0.25) is 5.15 Å². The molecule has 0 aliphatic carbocycles. The van der Waals surface area contributed by atoms with E-state index in [-0.39, 0.29) is 5.91 Å². The Bertz CT molecular complexity index is 902. The van der Waals surface area contributed by atoms with Gasteiger partial charge in [0.2, 0.25) is 0 Å². The third kappa shape index (κ3) is 4.24. The summed E-state index contributed by atoms with van der Waals surface area (Å²) in [5.74, 6) is 0.677. The van der Waals surface area contributed by atoms with Crippen molar-refractivity contribution in [2.75, 3.05) is 5.32 Å². The lowest BCUT2D eigenvalue weighted by Crippen LogP contribution is -2.24. The molecule has 0 saturated heterocycles. The summed E-state index contributed by atoms with van der Waals surface area (Å²) in [5, 5.41) is 6.81. The Labute approximate surface area is 158 Å². The van der Waals surface area contributed by atoms with Crippen molar-refractivity contribution in [3.05, 3.63) is 82.4 Å². The van der Waals surface area contributed by atoms with E-state index in [1.165, 1.54) is 5.56 Å². The molecule has 134 valence electrons. The van der Waals surface area contributed by atoms with E-state index in [9.17, 15) is 4.79 Å². The fourth-order valence-electron chi connectivity index (χ4n) is 2.58. The second kappa shape index (κ2) is 8.06. The van der Waals surface area contributed by atoms with Gasteiger partial charge in [-0.25, -0.2) is 4.98 Å². The van der Waals surface area contributed by atoms with E-state index in [2.05, 4.69) is 15.6 Å². The summed E-state index contributed by atoms with van der Waals surface area (Å²) in [5.41, 5.74) is 3.62. The van der Waals surface area contributed by atoms with E-state index in [0.717, 1.165) is 17.1 Å². The Morgan fingerprint density at radius 3 is 2.54 bits per heavy atom. The molecule has 0 unspecified atom stereocenters. The summed E-state index contributed by atoms with van der Waals surface area (Å²) in [7, 11) is 1.85. The minimum atomic E-state index is -0.119. The van der Waals surface area contributed by atoms with Crippen molar-refractivity contribution < 1.29 is 4.79 Å². The molecular weight excluding hydrogens is 348 g/mol. The van der Waals surface area contributed by atoms with Crippen LogP contribution in [0.4, 0.5) is 5.69 Å². The first-order chi connectivity index (χ1) is 12.5. The average molecular weight is 369 g/mol. The van der Waals surface area contributed by atoms with Gasteiger partial charge in [-0.05, 0) is 24.6 Å². The van der Waals surface area contributed by atoms with E-state index in [0.29, 0.717) is 23.8 Å². The molecule has 5 nitrogen and oxygen atoms in total. The summed E-state index contributed by atoms with van der Waals surface area (Å²) >= 11 is 6.01. The van der Waals surface area contributed by atoms with Crippen molar-refractivity contribution in [2.45, 2.75) is 20.0 Å². The maximum atomic E-state index is 12.6. The van der Waals surface area contributed by atoms with Gasteiger partial charge in [0.15, 0.2) is 0 Å². The van der Waals surface area contributed by atoms with Gasteiger partial charge in [-0.2, -0.15) is 0 Å². The molecule has 0 aliphatic heterocycles. The molecule has 6 heteroatoms. The van der Waals surface area contributed by atoms with E-state index >= 15 is 0 Å².